The van der Waals surface area contributed by atoms with Crippen LogP contribution in [-0.2, 0) is 4.74 Å². The second-order valence-corrected chi connectivity index (χ2v) is 4.20. The second kappa shape index (κ2) is 4.45. The van der Waals surface area contributed by atoms with Crippen LogP contribution in [0.1, 0.15) is 13.8 Å². The summed E-state index contributed by atoms with van der Waals surface area (Å²) in [5, 5.41) is 0.686. The zero-order chi connectivity index (χ0) is 12.4. The number of fused-ring (bicyclic) bond motifs is 1. The van der Waals surface area contributed by atoms with Crippen molar-refractivity contribution in [3.8, 4) is 0 Å². The van der Waals surface area contributed by atoms with Gasteiger partial charge in [0.2, 0.25) is 0 Å². The van der Waals surface area contributed by atoms with Crippen LogP contribution < -0.4 is 5.63 Å². The molecule has 0 N–H and O–H groups in total. The number of ether oxygens (including phenoxy) is 1. The molecule has 2 aromatic heterocycles. The number of carbonyl (C=O) groups is 1. The summed E-state index contributed by atoms with van der Waals surface area (Å²) in [6, 6.07) is 2.96. The van der Waals surface area contributed by atoms with Crippen LogP contribution in [-0.4, -0.2) is 17.3 Å². The molecule has 0 aromatic carbocycles. The molecule has 0 amide bonds. The second-order valence-electron chi connectivity index (χ2n) is 4.20. The van der Waals surface area contributed by atoms with Crippen LogP contribution in [0.25, 0.3) is 10.9 Å². The summed E-state index contributed by atoms with van der Waals surface area (Å²) < 4.78 is 11.1. The quantitative estimate of drug-likeness (QED) is 0.800. The molecule has 90 valence electrons. The van der Waals surface area contributed by atoms with Gasteiger partial charge in [0.25, 0.3) is 0 Å². The van der Waals surface area contributed by atoms with Gasteiger partial charge in [0.15, 0.2) is 0 Å². The monoisotopic (exact) mass is 235 g/mol. The maximum absolute atomic E-state index is 11.7. The van der Waals surface area contributed by atoms with E-state index < -0.39 is 11.7 Å². The summed E-state index contributed by atoms with van der Waals surface area (Å²) in [6.45, 7) is 4.26. The topological polar surface area (TPSA) is 61.4 Å². The minimum atomic E-state index is -0.492. The predicted molar refractivity (Wildman–Crippen MR) is 62.1 cm³/mol. The number of carbonyl (C=O) groups excluding carboxylic acids is 1. The van der Waals surface area contributed by atoms with Gasteiger partial charge < -0.3 is 9.15 Å². The standard InChI is InChI=1S/C12H13NO4/c1-8(2)6-17-12(15)13-4-3-9-7-16-11(14)5-10(9)13/h3-5,7-8H,6H2,1-2H3. The first-order valence-electron chi connectivity index (χ1n) is 5.35. The molecule has 0 radical (unpaired) electrons. The smallest absolute Gasteiger partial charge is 0.418 e. The van der Waals surface area contributed by atoms with Crippen LogP contribution in [0.2, 0.25) is 0 Å². The normalized spacial score (nSPS) is 11.0. The fourth-order valence-electron chi connectivity index (χ4n) is 1.45. The number of hydrogen-bond acceptors (Lipinski definition) is 4. The van der Waals surface area contributed by atoms with Gasteiger partial charge in [0.1, 0.15) is 6.26 Å². The molecule has 0 saturated heterocycles. The minimum Gasteiger partial charge on any atom is -0.449 e. The molecule has 0 aliphatic carbocycles. The van der Waals surface area contributed by atoms with E-state index in [0.717, 1.165) is 0 Å². The molecule has 0 aliphatic rings. The molecule has 0 aliphatic heterocycles. The lowest BCUT2D eigenvalue weighted by Crippen LogP contribution is -2.16. The molecule has 5 heteroatoms. The van der Waals surface area contributed by atoms with Gasteiger partial charge >= 0.3 is 11.7 Å². The number of rotatable bonds is 2. The van der Waals surface area contributed by atoms with Gasteiger partial charge in [-0.3, -0.25) is 4.57 Å². The molecule has 0 atom stereocenters. The van der Waals surface area contributed by atoms with Crippen molar-refractivity contribution >= 4 is 17.0 Å². The van der Waals surface area contributed by atoms with E-state index in [1.807, 2.05) is 13.8 Å². The third kappa shape index (κ3) is 2.38. The van der Waals surface area contributed by atoms with Crippen molar-refractivity contribution in [1.82, 2.24) is 4.57 Å². The Hall–Kier alpha value is -2.04. The Bertz CT molecular complexity index is 594. The van der Waals surface area contributed by atoms with Crippen molar-refractivity contribution in [2.24, 2.45) is 5.92 Å². The molecule has 0 bridgehead atoms. The zero-order valence-corrected chi connectivity index (χ0v) is 9.67. The molecule has 0 fully saturated rings. The molecule has 17 heavy (non-hydrogen) atoms. The van der Waals surface area contributed by atoms with E-state index in [9.17, 15) is 9.59 Å². The predicted octanol–water partition coefficient (Wildman–Crippen LogP) is 2.24. The van der Waals surface area contributed by atoms with Crippen LogP contribution in [0, 0.1) is 5.92 Å². The van der Waals surface area contributed by atoms with Gasteiger partial charge in [0.05, 0.1) is 12.1 Å². The Morgan fingerprint density at radius 1 is 1.53 bits per heavy atom. The van der Waals surface area contributed by atoms with Crippen molar-refractivity contribution < 1.29 is 13.9 Å². The summed E-state index contributed by atoms with van der Waals surface area (Å²) >= 11 is 0. The van der Waals surface area contributed by atoms with E-state index in [2.05, 4.69) is 0 Å². The molecular weight excluding hydrogens is 222 g/mol. The average molecular weight is 235 g/mol. The van der Waals surface area contributed by atoms with Crippen LogP contribution in [0.4, 0.5) is 4.79 Å². The molecular formula is C12H13NO4. The van der Waals surface area contributed by atoms with Gasteiger partial charge in [-0.25, -0.2) is 9.59 Å². The summed E-state index contributed by atoms with van der Waals surface area (Å²) in [7, 11) is 0. The lowest BCUT2D eigenvalue weighted by Gasteiger charge is -2.07. The van der Waals surface area contributed by atoms with Crippen LogP contribution in [0.5, 0.6) is 0 Å². The number of nitrogens with zero attached hydrogens (tertiary/aromatic N) is 1. The fourth-order valence-corrected chi connectivity index (χ4v) is 1.45. The maximum atomic E-state index is 11.7. The van der Waals surface area contributed by atoms with E-state index in [0.29, 0.717) is 17.5 Å². The Labute approximate surface area is 97.6 Å². The first kappa shape index (κ1) is 11.4. The Morgan fingerprint density at radius 3 is 3.00 bits per heavy atom. The molecule has 2 rings (SSSR count). The van der Waals surface area contributed by atoms with Crippen LogP contribution in [0.3, 0.4) is 0 Å². The lowest BCUT2D eigenvalue weighted by molar-refractivity contribution is 0.135. The Morgan fingerprint density at radius 2 is 2.29 bits per heavy atom. The fraction of sp³-hybridized carbons (Fsp3) is 0.333. The molecule has 5 nitrogen and oxygen atoms in total. The van der Waals surface area contributed by atoms with Gasteiger partial charge in [-0.1, -0.05) is 13.8 Å². The highest BCUT2D eigenvalue weighted by Crippen LogP contribution is 2.13. The Balaban J connectivity index is 2.32. The highest BCUT2D eigenvalue weighted by atomic mass is 16.5. The minimum absolute atomic E-state index is 0.269. The summed E-state index contributed by atoms with van der Waals surface area (Å²) in [5.74, 6) is 0.269. The van der Waals surface area contributed by atoms with Crippen LogP contribution in [0.15, 0.2) is 33.8 Å². The molecule has 0 spiro atoms. The van der Waals surface area contributed by atoms with Crippen molar-refractivity contribution in [2.45, 2.75) is 13.8 Å². The summed E-state index contributed by atoms with van der Waals surface area (Å²) in [4.78, 5) is 22.8. The lowest BCUT2D eigenvalue weighted by atomic mass is 10.2. The first-order valence-corrected chi connectivity index (χ1v) is 5.35. The van der Waals surface area contributed by atoms with Gasteiger partial charge in [0, 0.05) is 17.6 Å². The highest BCUT2D eigenvalue weighted by Gasteiger charge is 2.11. The number of aromatic nitrogens is 1. The SMILES string of the molecule is CC(C)COC(=O)n1ccc2coc(=O)cc21. The van der Waals surface area contributed by atoms with Crippen molar-refractivity contribution in [3.05, 3.63) is 35.0 Å². The van der Waals surface area contributed by atoms with Crippen molar-refractivity contribution in [1.29, 1.82) is 0 Å². The first-order chi connectivity index (χ1) is 8.08. The van der Waals surface area contributed by atoms with Gasteiger partial charge in [-0.05, 0) is 12.0 Å². The third-order valence-electron chi connectivity index (χ3n) is 2.25. The van der Waals surface area contributed by atoms with Crippen molar-refractivity contribution in [2.75, 3.05) is 6.61 Å². The molecule has 2 aromatic rings. The van der Waals surface area contributed by atoms with E-state index >= 15 is 0 Å². The van der Waals surface area contributed by atoms with Crippen LogP contribution >= 0.6 is 0 Å². The third-order valence-corrected chi connectivity index (χ3v) is 2.25. The van der Waals surface area contributed by atoms with E-state index in [-0.39, 0.29) is 5.92 Å². The van der Waals surface area contributed by atoms with Gasteiger partial charge in [-0.2, -0.15) is 0 Å². The highest BCUT2D eigenvalue weighted by molar-refractivity contribution is 5.88. The molecule has 0 unspecified atom stereocenters. The van der Waals surface area contributed by atoms with Crippen molar-refractivity contribution in [3.63, 3.8) is 0 Å². The Kier molecular flexibility index (Phi) is 2.99. The number of hydrogen-bond donors (Lipinski definition) is 0. The largest absolute Gasteiger partial charge is 0.449 e. The van der Waals surface area contributed by atoms with Gasteiger partial charge in [-0.15, -0.1) is 0 Å². The van der Waals surface area contributed by atoms with E-state index in [1.165, 1.54) is 16.9 Å². The average Bonchev–Trinajstić information content (AvgIpc) is 2.68. The van der Waals surface area contributed by atoms with E-state index in [1.54, 1.807) is 12.3 Å². The molecule has 0 saturated carbocycles. The molecule has 2 heterocycles. The summed E-state index contributed by atoms with van der Waals surface area (Å²) in [5.41, 5.74) is 0.00381. The zero-order valence-electron chi connectivity index (χ0n) is 9.67. The maximum Gasteiger partial charge on any atom is 0.418 e. The van der Waals surface area contributed by atoms with E-state index in [4.69, 9.17) is 9.15 Å². The summed E-state index contributed by atoms with van der Waals surface area (Å²) in [6.07, 6.45) is 2.39.